The highest BCUT2D eigenvalue weighted by molar-refractivity contribution is 5.66. The van der Waals surface area contributed by atoms with E-state index >= 15 is 0 Å². The van der Waals surface area contributed by atoms with Crippen LogP contribution in [0.3, 0.4) is 0 Å². The fourth-order valence-electron chi connectivity index (χ4n) is 1.81. The third-order valence-electron chi connectivity index (χ3n) is 2.98. The maximum atomic E-state index is 12.5. The predicted octanol–water partition coefficient (Wildman–Crippen LogP) is 0.877. The van der Waals surface area contributed by atoms with Crippen molar-refractivity contribution in [3.05, 3.63) is 0 Å². The van der Waals surface area contributed by atoms with Crippen LogP contribution in [0.15, 0.2) is 0 Å². The highest BCUT2D eigenvalue weighted by Gasteiger charge is 2.42. The highest BCUT2D eigenvalue weighted by atomic mass is 19.1. The van der Waals surface area contributed by atoms with E-state index in [2.05, 4.69) is 0 Å². The monoisotopic (exact) mass is 220 g/mol. The van der Waals surface area contributed by atoms with Crippen LogP contribution in [0.25, 0.3) is 0 Å². The molecule has 1 fully saturated rings. The average molecular weight is 220 g/mol. The third-order valence-corrected chi connectivity index (χ3v) is 2.98. The smallest absolute Gasteiger partial charge is 0.303 e. The van der Waals surface area contributed by atoms with E-state index in [-0.39, 0.29) is 11.8 Å². The van der Waals surface area contributed by atoms with Gasteiger partial charge in [-0.3, -0.25) is 4.79 Å². The fraction of sp³-hybridized carbons (Fsp3) is 0.900. The van der Waals surface area contributed by atoms with Crippen LogP contribution in [0.5, 0.6) is 0 Å². The summed E-state index contributed by atoms with van der Waals surface area (Å²) in [6.45, 7) is 4.25. The SMILES string of the molecule is CC(=O)OC1C(O)OC(CF)[C@@H](C)[C@@H]1C. The normalized spacial score (nSPS) is 41.3. The molecule has 0 amide bonds. The molecule has 0 aromatic heterocycles. The summed E-state index contributed by atoms with van der Waals surface area (Å²) < 4.78 is 22.5. The molecule has 0 saturated carbocycles. The van der Waals surface area contributed by atoms with E-state index in [1.165, 1.54) is 6.92 Å². The van der Waals surface area contributed by atoms with Crippen LogP contribution >= 0.6 is 0 Å². The standard InChI is InChI=1S/C10H17FO4/c1-5-6(2)9(14-7(3)12)10(13)15-8(5)4-11/h5-6,8-10,13H,4H2,1-3H3/t5-,6-,8?,9?,10?/m0/s1. The second-order valence-electron chi connectivity index (χ2n) is 4.01. The maximum Gasteiger partial charge on any atom is 0.303 e. The largest absolute Gasteiger partial charge is 0.457 e. The Morgan fingerprint density at radius 1 is 1.47 bits per heavy atom. The third kappa shape index (κ3) is 2.66. The van der Waals surface area contributed by atoms with E-state index in [0.29, 0.717) is 0 Å². The lowest BCUT2D eigenvalue weighted by atomic mass is 9.84. The summed E-state index contributed by atoms with van der Waals surface area (Å²) in [5.74, 6) is -0.693. The Morgan fingerprint density at radius 3 is 2.53 bits per heavy atom. The molecule has 0 bridgehead atoms. The number of alkyl halides is 1. The van der Waals surface area contributed by atoms with Gasteiger partial charge in [-0.2, -0.15) is 0 Å². The maximum absolute atomic E-state index is 12.5. The lowest BCUT2D eigenvalue weighted by Gasteiger charge is -2.41. The number of halogens is 1. The minimum Gasteiger partial charge on any atom is -0.457 e. The number of ether oxygens (including phenoxy) is 2. The Labute approximate surface area is 88.4 Å². The quantitative estimate of drug-likeness (QED) is 0.702. The van der Waals surface area contributed by atoms with Gasteiger partial charge in [-0.25, -0.2) is 4.39 Å². The second-order valence-corrected chi connectivity index (χ2v) is 4.01. The van der Waals surface area contributed by atoms with Gasteiger partial charge < -0.3 is 14.6 Å². The van der Waals surface area contributed by atoms with E-state index in [1.807, 2.05) is 13.8 Å². The van der Waals surface area contributed by atoms with E-state index in [1.54, 1.807) is 0 Å². The average Bonchev–Trinajstić information content (AvgIpc) is 2.18. The molecule has 1 aliphatic heterocycles. The van der Waals surface area contributed by atoms with Crippen molar-refractivity contribution in [3.8, 4) is 0 Å². The molecule has 88 valence electrons. The molecule has 0 aromatic carbocycles. The van der Waals surface area contributed by atoms with Crippen LogP contribution in [-0.4, -0.2) is 36.2 Å². The van der Waals surface area contributed by atoms with Crippen molar-refractivity contribution in [3.63, 3.8) is 0 Å². The molecule has 1 aliphatic rings. The number of esters is 1. The summed E-state index contributed by atoms with van der Waals surface area (Å²) in [5.41, 5.74) is 0. The van der Waals surface area contributed by atoms with Gasteiger partial charge in [0.2, 0.25) is 0 Å². The molecule has 0 aromatic rings. The first-order valence-corrected chi connectivity index (χ1v) is 5.04. The molecular formula is C10H17FO4. The van der Waals surface area contributed by atoms with Crippen LogP contribution in [0.2, 0.25) is 0 Å². The zero-order valence-electron chi connectivity index (χ0n) is 9.14. The van der Waals surface area contributed by atoms with Crippen LogP contribution < -0.4 is 0 Å². The first-order chi connectivity index (χ1) is 6.97. The van der Waals surface area contributed by atoms with Crippen molar-refractivity contribution in [2.45, 2.75) is 39.3 Å². The van der Waals surface area contributed by atoms with Crippen LogP contribution in [-0.2, 0) is 14.3 Å². The van der Waals surface area contributed by atoms with Gasteiger partial charge in [0.05, 0.1) is 6.10 Å². The number of aliphatic hydroxyl groups excluding tert-OH is 1. The van der Waals surface area contributed by atoms with E-state index < -0.39 is 31.1 Å². The molecule has 4 nitrogen and oxygen atoms in total. The first-order valence-electron chi connectivity index (χ1n) is 5.04. The molecule has 1 N–H and O–H groups in total. The number of carbonyl (C=O) groups excluding carboxylic acids is 1. The lowest BCUT2D eigenvalue weighted by molar-refractivity contribution is -0.259. The molecule has 5 heteroatoms. The van der Waals surface area contributed by atoms with E-state index in [0.717, 1.165) is 0 Å². The summed E-state index contributed by atoms with van der Waals surface area (Å²) >= 11 is 0. The van der Waals surface area contributed by atoms with Crippen molar-refractivity contribution in [2.24, 2.45) is 11.8 Å². The summed E-state index contributed by atoms with van der Waals surface area (Å²) in [7, 11) is 0. The second kappa shape index (κ2) is 4.90. The number of hydrogen-bond acceptors (Lipinski definition) is 4. The van der Waals surface area contributed by atoms with Crippen molar-refractivity contribution in [2.75, 3.05) is 6.67 Å². The van der Waals surface area contributed by atoms with Gasteiger partial charge in [-0.15, -0.1) is 0 Å². The molecule has 0 radical (unpaired) electrons. The van der Waals surface area contributed by atoms with Gasteiger partial charge in [0.25, 0.3) is 0 Å². The Bertz CT molecular complexity index is 233. The molecule has 3 unspecified atom stereocenters. The Kier molecular flexibility index (Phi) is 4.04. The number of aliphatic hydroxyl groups is 1. The van der Waals surface area contributed by atoms with E-state index in [4.69, 9.17) is 9.47 Å². The van der Waals surface area contributed by atoms with Gasteiger partial charge in [0, 0.05) is 12.8 Å². The molecule has 5 atom stereocenters. The minimum absolute atomic E-state index is 0.0947. The Hall–Kier alpha value is -0.680. The number of carbonyl (C=O) groups is 1. The van der Waals surface area contributed by atoms with E-state index in [9.17, 15) is 14.3 Å². The zero-order valence-corrected chi connectivity index (χ0v) is 9.14. The summed E-state index contributed by atoms with van der Waals surface area (Å²) in [4.78, 5) is 10.8. The number of rotatable bonds is 2. The fourth-order valence-corrected chi connectivity index (χ4v) is 1.81. The van der Waals surface area contributed by atoms with Crippen LogP contribution in [0, 0.1) is 11.8 Å². The van der Waals surface area contributed by atoms with Gasteiger partial charge in [-0.1, -0.05) is 13.8 Å². The Balaban J connectivity index is 2.70. The van der Waals surface area contributed by atoms with Crippen LogP contribution in [0.4, 0.5) is 4.39 Å². The summed E-state index contributed by atoms with van der Waals surface area (Å²) in [6.07, 6.45) is -2.57. The lowest BCUT2D eigenvalue weighted by Crippen LogP contribution is -2.51. The molecule has 1 heterocycles. The van der Waals surface area contributed by atoms with Crippen molar-refractivity contribution < 1.29 is 23.8 Å². The van der Waals surface area contributed by atoms with Gasteiger partial charge >= 0.3 is 5.97 Å². The van der Waals surface area contributed by atoms with Gasteiger partial charge in [0.1, 0.15) is 6.67 Å². The molecular weight excluding hydrogens is 203 g/mol. The van der Waals surface area contributed by atoms with Crippen molar-refractivity contribution in [1.29, 1.82) is 0 Å². The minimum atomic E-state index is -1.24. The highest BCUT2D eigenvalue weighted by Crippen LogP contribution is 2.31. The molecule has 15 heavy (non-hydrogen) atoms. The molecule has 0 spiro atoms. The first kappa shape index (κ1) is 12.4. The molecule has 1 saturated heterocycles. The van der Waals surface area contributed by atoms with Crippen LogP contribution in [0.1, 0.15) is 20.8 Å². The molecule has 1 rings (SSSR count). The molecule has 0 aliphatic carbocycles. The summed E-state index contributed by atoms with van der Waals surface area (Å²) in [5, 5.41) is 9.54. The Morgan fingerprint density at radius 2 is 2.07 bits per heavy atom. The van der Waals surface area contributed by atoms with Crippen molar-refractivity contribution >= 4 is 5.97 Å². The number of hydrogen-bond donors (Lipinski definition) is 1. The summed E-state index contributed by atoms with van der Waals surface area (Å²) in [6, 6.07) is 0. The zero-order chi connectivity index (χ0) is 11.6. The van der Waals surface area contributed by atoms with Gasteiger partial charge in [-0.05, 0) is 5.92 Å². The topological polar surface area (TPSA) is 55.8 Å². The van der Waals surface area contributed by atoms with Crippen molar-refractivity contribution in [1.82, 2.24) is 0 Å². The van der Waals surface area contributed by atoms with Gasteiger partial charge in [0.15, 0.2) is 12.4 Å². The predicted molar refractivity (Wildman–Crippen MR) is 50.7 cm³/mol.